The molecule has 1 atom stereocenters. The molecule has 0 spiro atoms. The van der Waals surface area contributed by atoms with Crippen molar-refractivity contribution in [1.29, 1.82) is 0 Å². The van der Waals surface area contributed by atoms with Crippen LogP contribution in [-0.4, -0.2) is 19.5 Å². The Bertz CT molecular complexity index is 438. The van der Waals surface area contributed by atoms with Crippen molar-refractivity contribution in [3.05, 3.63) is 29.3 Å². The van der Waals surface area contributed by atoms with Crippen LogP contribution in [0.15, 0.2) is 18.2 Å². The van der Waals surface area contributed by atoms with Crippen molar-refractivity contribution < 1.29 is 4.79 Å². The van der Waals surface area contributed by atoms with Crippen LogP contribution < -0.4 is 10.6 Å². The number of rotatable bonds is 5. The van der Waals surface area contributed by atoms with Crippen LogP contribution in [-0.2, 0) is 0 Å². The minimum atomic E-state index is 0.0237. The highest BCUT2D eigenvalue weighted by Gasteiger charge is 2.28. The molecule has 2 N–H and O–H groups in total. The third-order valence-electron chi connectivity index (χ3n) is 3.70. The molecule has 1 unspecified atom stereocenters. The molecule has 0 heterocycles. The van der Waals surface area contributed by atoms with E-state index in [1.165, 1.54) is 12.8 Å². The molecule has 0 radical (unpaired) electrons. The van der Waals surface area contributed by atoms with Crippen LogP contribution in [0.2, 0.25) is 0 Å². The Hall–Kier alpha value is -1.51. The van der Waals surface area contributed by atoms with Crippen molar-refractivity contribution in [1.82, 2.24) is 5.32 Å². The minimum absolute atomic E-state index is 0.0237. The summed E-state index contributed by atoms with van der Waals surface area (Å²) in [7, 11) is 1.84. The minimum Gasteiger partial charge on any atom is -0.387 e. The van der Waals surface area contributed by atoms with Crippen molar-refractivity contribution >= 4 is 11.6 Å². The summed E-state index contributed by atoms with van der Waals surface area (Å²) < 4.78 is 0. The zero-order chi connectivity index (χ0) is 13.1. The molecule has 1 aromatic carbocycles. The standard InChI is InChI=1S/C15H22N2O/c1-10-4-7-14(16-3)13(8-10)15(18)17-9-11(2)12-5-6-12/h4,7-8,11-12,16H,5-6,9H2,1-3H3,(H,17,18). The number of nitrogens with one attached hydrogen (secondary N) is 2. The van der Waals surface area contributed by atoms with E-state index < -0.39 is 0 Å². The zero-order valence-electron chi connectivity index (χ0n) is 11.4. The van der Waals surface area contributed by atoms with Gasteiger partial charge in [-0.1, -0.05) is 18.6 Å². The van der Waals surface area contributed by atoms with Gasteiger partial charge >= 0.3 is 0 Å². The number of benzene rings is 1. The molecule has 1 aromatic rings. The summed E-state index contributed by atoms with van der Waals surface area (Å²) in [5, 5.41) is 6.11. The highest BCUT2D eigenvalue weighted by atomic mass is 16.1. The quantitative estimate of drug-likeness (QED) is 0.838. The van der Waals surface area contributed by atoms with Gasteiger partial charge in [0.2, 0.25) is 0 Å². The summed E-state index contributed by atoms with van der Waals surface area (Å²) in [4.78, 5) is 12.2. The number of amides is 1. The maximum Gasteiger partial charge on any atom is 0.253 e. The van der Waals surface area contributed by atoms with E-state index in [0.717, 1.165) is 29.3 Å². The zero-order valence-corrected chi connectivity index (χ0v) is 11.4. The van der Waals surface area contributed by atoms with Gasteiger partial charge in [-0.2, -0.15) is 0 Å². The molecule has 0 saturated heterocycles. The Balaban J connectivity index is 2.00. The fourth-order valence-electron chi connectivity index (χ4n) is 2.24. The summed E-state index contributed by atoms with van der Waals surface area (Å²) in [6.07, 6.45) is 2.65. The van der Waals surface area contributed by atoms with Gasteiger partial charge in [-0.3, -0.25) is 4.79 Å². The number of hydrogen-bond donors (Lipinski definition) is 2. The van der Waals surface area contributed by atoms with E-state index in [2.05, 4.69) is 17.6 Å². The third kappa shape index (κ3) is 3.03. The second-order valence-electron chi connectivity index (χ2n) is 5.32. The summed E-state index contributed by atoms with van der Waals surface area (Å²) >= 11 is 0. The average molecular weight is 246 g/mol. The van der Waals surface area contributed by atoms with Crippen LogP contribution in [0.1, 0.15) is 35.7 Å². The topological polar surface area (TPSA) is 41.1 Å². The lowest BCUT2D eigenvalue weighted by Crippen LogP contribution is -2.29. The normalized spacial score (nSPS) is 16.2. The lowest BCUT2D eigenvalue weighted by molar-refractivity contribution is 0.0947. The van der Waals surface area contributed by atoms with E-state index in [1.54, 1.807) is 0 Å². The molecule has 1 fully saturated rings. The molecule has 1 aliphatic rings. The smallest absolute Gasteiger partial charge is 0.253 e. The molecule has 98 valence electrons. The molecule has 18 heavy (non-hydrogen) atoms. The molecule has 1 aliphatic carbocycles. The number of aryl methyl sites for hydroxylation is 1. The molecule has 0 aromatic heterocycles. The van der Waals surface area contributed by atoms with Crippen LogP contribution in [0.3, 0.4) is 0 Å². The Morgan fingerprint density at radius 1 is 1.44 bits per heavy atom. The number of anilines is 1. The van der Waals surface area contributed by atoms with Gasteiger partial charge in [-0.05, 0) is 43.7 Å². The predicted molar refractivity (Wildman–Crippen MR) is 74.9 cm³/mol. The molecule has 1 amide bonds. The molecular formula is C15H22N2O. The van der Waals surface area contributed by atoms with Gasteiger partial charge < -0.3 is 10.6 Å². The first kappa shape index (κ1) is 12.9. The van der Waals surface area contributed by atoms with Crippen LogP contribution >= 0.6 is 0 Å². The summed E-state index contributed by atoms with van der Waals surface area (Å²) in [5.41, 5.74) is 2.73. The van der Waals surface area contributed by atoms with E-state index >= 15 is 0 Å². The van der Waals surface area contributed by atoms with E-state index in [9.17, 15) is 4.79 Å². The Labute approximate surface area is 109 Å². The lowest BCUT2D eigenvalue weighted by Gasteiger charge is -2.14. The Kier molecular flexibility index (Phi) is 3.90. The number of carbonyl (C=O) groups is 1. The van der Waals surface area contributed by atoms with Crippen molar-refractivity contribution in [2.45, 2.75) is 26.7 Å². The van der Waals surface area contributed by atoms with Gasteiger partial charge in [0.05, 0.1) is 5.56 Å². The highest BCUT2D eigenvalue weighted by Crippen LogP contribution is 2.36. The van der Waals surface area contributed by atoms with Gasteiger partial charge in [0.1, 0.15) is 0 Å². The monoisotopic (exact) mass is 246 g/mol. The van der Waals surface area contributed by atoms with Crippen molar-refractivity contribution in [3.63, 3.8) is 0 Å². The highest BCUT2D eigenvalue weighted by molar-refractivity contribution is 5.99. The summed E-state index contributed by atoms with van der Waals surface area (Å²) in [6, 6.07) is 5.90. The molecule has 1 saturated carbocycles. The van der Waals surface area contributed by atoms with Gasteiger partial charge in [-0.15, -0.1) is 0 Å². The van der Waals surface area contributed by atoms with Crippen LogP contribution in [0.5, 0.6) is 0 Å². The van der Waals surface area contributed by atoms with Gasteiger partial charge in [-0.25, -0.2) is 0 Å². The fraction of sp³-hybridized carbons (Fsp3) is 0.533. The van der Waals surface area contributed by atoms with Crippen LogP contribution in [0, 0.1) is 18.8 Å². The van der Waals surface area contributed by atoms with Crippen molar-refractivity contribution in [3.8, 4) is 0 Å². The Morgan fingerprint density at radius 3 is 2.78 bits per heavy atom. The van der Waals surface area contributed by atoms with Gasteiger partial charge in [0, 0.05) is 19.3 Å². The van der Waals surface area contributed by atoms with Crippen molar-refractivity contribution in [2.75, 3.05) is 18.9 Å². The summed E-state index contributed by atoms with van der Waals surface area (Å²) in [6.45, 7) is 5.00. The molecule has 2 rings (SSSR count). The predicted octanol–water partition coefficient (Wildman–Crippen LogP) is 2.81. The SMILES string of the molecule is CNc1ccc(C)cc1C(=O)NCC(C)C1CC1. The van der Waals surface area contributed by atoms with E-state index in [4.69, 9.17) is 0 Å². The number of carbonyl (C=O) groups excluding carboxylic acids is 1. The second-order valence-corrected chi connectivity index (χ2v) is 5.32. The average Bonchev–Trinajstić information content (AvgIpc) is 3.19. The van der Waals surface area contributed by atoms with E-state index in [1.807, 2.05) is 32.2 Å². The molecule has 3 nitrogen and oxygen atoms in total. The van der Waals surface area contributed by atoms with Crippen LogP contribution in [0.4, 0.5) is 5.69 Å². The third-order valence-corrected chi connectivity index (χ3v) is 3.70. The molecule has 3 heteroatoms. The first-order valence-electron chi connectivity index (χ1n) is 6.68. The second kappa shape index (κ2) is 5.42. The Morgan fingerprint density at radius 2 is 2.17 bits per heavy atom. The summed E-state index contributed by atoms with van der Waals surface area (Å²) in [5.74, 6) is 1.44. The first-order chi connectivity index (χ1) is 8.61. The largest absolute Gasteiger partial charge is 0.387 e. The molecular weight excluding hydrogens is 224 g/mol. The maximum absolute atomic E-state index is 12.2. The fourth-order valence-corrected chi connectivity index (χ4v) is 2.24. The maximum atomic E-state index is 12.2. The lowest BCUT2D eigenvalue weighted by atomic mass is 10.1. The van der Waals surface area contributed by atoms with Crippen molar-refractivity contribution in [2.24, 2.45) is 11.8 Å². The number of hydrogen-bond acceptors (Lipinski definition) is 2. The van der Waals surface area contributed by atoms with E-state index in [0.29, 0.717) is 5.92 Å². The van der Waals surface area contributed by atoms with Gasteiger partial charge in [0.25, 0.3) is 5.91 Å². The van der Waals surface area contributed by atoms with E-state index in [-0.39, 0.29) is 5.91 Å². The molecule has 0 aliphatic heterocycles. The first-order valence-corrected chi connectivity index (χ1v) is 6.68. The van der Waals surface area contributed by atoms with Crippen LogP contribution in [0.25, 0.3) is 0 Å². The van der Waals surface area contributed by atoms with Gasteiger partial charge in [0.15, 0.2) is 0 Å². The molecule has 0 bridgehead atoms.